The predicted molar refractivity (Wildman–Crippen MR) is 64.1 cm³/mol. The van der Waals surface area contributed by atoms with Gasteiger partial charge in [0.1, 0.15) is 0 Å². The first kappa shape index (κ1) is 12.0. The van der Waals surface area contributed by atoms with Crippen LogP contribution in [-0.4, -0.2) is 27.3 Å². The highest BCUT2D eigenvalue weighted by Gasteiger charge is 2.15. The van der Waals surface area contributed by atoms with Crippen LogP contribution in [0.15, 0.2) is 24.3 Å². The number of hydrogen-bond donors (Lipinski definition) is 0. The second kappa shape index (κ2) is 5.25. The van der Waals surface area contributed by atoms with Crippen LogP contribution in [0.25, 0.3) is 5.69 Å². The van der Waals surface area contributed by atoms with Crippen molar-refractivity contribution >= 4 is 11.6 Å². The van der Waals surface area contributed by atoms with Crippen molar-refractivity contribution in [3.05, 3.63) is 35.7 Å². The fraction of sp³-hybridized carbons (Fsp3) is 0.364. The van der Waals surface area contributed by atoms with Crippen molar-refractivity contribution in [1.29, 1.82) is 0 Å². The van der Waals surface area contributed by atoms with Crippen molar-refractivity contribution in [3.63, 3.8) is 0 Å². The van der Waals surface area contributed by atoms with Crippen LogP contribution in [-0.2, 0) is 11.3 Å². The molecular weight excluding hydrogens is 240 g/mol. The summed E-state index contributed by atoms with van der Waals surface area (Å²) in [5.74, 6) is 0.621. The third-order valence-electron chi connectivity index (χ3n) is 2.37. The molecule has 0 saturated heterocycles. The number of nitrogens with zero attached hydrogens (tertiary/aromatic N) is 4. The molecule has 0 amide bonds. The molecule has 1 aromatic carbocycles. The van der Waals surface area contributed by atoms with Gasteiger partial charge in [0.15, 0.2) is 5.82 Å². The van der Waals surface area contributed by atoms with E-state index in [-0.39, 0.29) is 5.38 Å². The summed E-state index contributed by atoms with van der Waals surface area (Å²) in [5.41, 5.74) is 1.91. The van der Waals surface area contributed by atoms with Crippen molar-refractivity contribution < 1.29 is 4.74 Å². The third-order valence-corrected chi connectivity index (χ3v) is 2.56. The Morgan fingerprint density at radius 1 is 1.41 bits per heavy atom. The number of ether oxygens (including phenoxy) is 1. The van der Waals surface area contributed by atoms with E-state index in [1.165, 1.54) is 0 Å². The molecule has 0 radical (unpaired) electrons. The normalized spacial score (nSPS) is 12.6. The molecule has 1 aromatic heterocycles. The van der Waals surface area contributed by atoms with Gasteiger partial charge in [0.05, 0.1) is 17.7 Å². The number of tetrazole rings is 1. The minimum Gasteiger partial charge on any atom is -0.380 e. The number of alkyl halides is 1. The molecule has 1 heterocycles. The number of hydrogen-bond acceptors (Lipinski definition) is 4. The Kier molecular flexibility index (Phi) is 3.71. The number of para-hydroxylation sites is 1. The molecule has 1 unspecified atom stereocenters. The van der Waals surface area contributed by atoms with E-state index in [1.807, 2.05) is 31.2 Å². The average Bonchev–Trinajstić information content (AvgIpc) is 2.79. The van der Waals surface area contributed by atoms with Gasteiger partial charge in [-0.25, -0.2) is 0 Å². The summed E-state index contributed by atoms with van der Waals surface area (Å²) < 4.78 is 6.80. The van der Waals surface area contributed by atoms with Crippen LogP contribution in [0.4, 0.5) is 0 Å². The molecule has 0 N–H and O–H groups in total. The highest BCUT2D eigenvalue weighted by atomic mass is 35.5. The summed E-state index contributed by atoms with van der Waals surface area (Å²) in [7, 11) is 1.65. The highest BCUT2D eigenvalue weighted by molar-refractivity contribution is 6.20. The topological polar surface area (TPSA) is 52.8 Å². The zero-order chi connectivity index (χ0) is 12.3. The quantitative estimate of drug-likeness (QED) is 0.782. The van der Waals surface area contributed by atoms with E-state index in [0.29, 0.717) is 12.4 Å². The first-order valence-corrected chi connectivity index (χ1v) is 5.67. The molecule has 0 aliphatic rings. The molecule has 90 valence electrons. The minimum atomic E-state index is -0.249. The van der Waals surface area contributed by atoms with Crippen LogP contribution in [0.1, 0.15) is 23.7 Å². The fourth-order valence-corrected chi connectivity index (χ4v) is 1.74. The SMILES string of the molecule is COCc1ccccc1-n1nnnc1C(C)Cl. The smallest absolute Gasteiger partial charge is 0.174 e. The fourth-order valence-electron chi connectivity index (χ4n) is 1.61. The number of rotatable bonds is 4. The summed E-state index contributed by atoms with van der Waals surface area (Å²) in [4.78, 5) is 0. The summed E-state index contributed by atoms with van der Waals surface area (Å²) in [6.45, 7) is 2.34. The van der Waals surface area contributed by atoms with Gasteiger partial charge in [0.25, 0.3) is 0 Å². The first-order chi connectivity index (χ1) is 8.24. The summed E-state index contributed by atoms with van der Waals surface area (Å²) in [5, 5.41) is 11.3. The largest absolute Gasteiger partial charge is 0.380 e. The average molecular weight is 253 g/mol. The van der Waals surface area contributed by atoms with Crippen molar-refractivity contribution in [1.82, 2.24) is 20.2 Å². The molecule has 6 heteroatoms. The van der Waals surface area contributed by atoms with Crippen LogP contribution in [0.3, 0.4) is 0 Å². The van der Waals surface area contributed by atoms with Crippen LogP contribution in [0, 0.1) is 0 Å². The van der Waals surface area contributed by atoms with Gasteiger partial charge in [0, 0.05) is 12.7 Å². The maximum Gasteiger partial charge on any atom is 0.174 e. The Morgan fingerprint density at radius 3 is 2.88 bits per heavy atom. The molecule has 0 spiro atoms. The lowest BCUT2D eigenvalue weighted by Gasteiger charge is -2.10. The van der Waals surface area contributed by atoms with E-state index in [4.69, 9.17) is 16.3 Å². The van der Waals surface area contributed by atoms with Crippen molar-refractivity contribution in [2.24, 2.45) is 0 Å². The number of aromatic nitrogens is 4. The predicted octanol–water partition coefficient (Wildman–Crippen LogP) is 2.11. The van der Waals surface area contributed by atoms with Crippen molar-refractivity contribution in [3.8, 4) is 5.69 Å². The molecule has 0 fully saturated rings. The van der Waals surface area contributed by atoms with Crippen molar-refractivity contribution in [2.45, 2.75) is 18.9 Å². The van der Waals surface area contributed by atoms with Gasteiger partial charge in [-0.2, -0.15) is 4.68 Å². The van der Waals surface area contributed by atoms with Gasteiger partial charge in [-0.05, 0) is 23.4 Å². The molecular formula is C11H13ClN4O. The zero-order valence-corrected chi connectivity index (χ0v) is 10.4. The molecule has 0 aliphatic carbocycles. The molecule has 2 rings (SSSR count). The van der Waals surface area contributed by atoms with Gasteiger partial charge in [-0.1, -0.05) is 18.2 Å². The van der Waals surface area contributed by atoms with E-state index in [0.717, 1.165) is 11.3 Å². The third kappa shape index (κ3) is 2.45. The molecule has 5 nitrogen and oxygen atoms in total. The Hall–Kier alpha value is -1.46. The van der Waals surface area contributed by atoms with Gasteiger partial charge in [0.2, 0.25) is 0 Å². The van der Waals surface area contributed by atoms with Crippen LogP contribution in [0.5, 0.6) is 0 Å². The molecule has 2 aromatic rings. The number of methoxy groups -OCH3 is 1. The number of benzene rings is 1. The Balaban J connectivity index is 2.48. The van der Waals surface area contributed by atoms with Crippen molar-refractivity contribution in [2.75, 3.05) is 7.11 Å². The maximum absolute atomic E-state index is 6.03. The van der Waals surface area contributed by atoms with E-state index >= 15 is 0 Å². The second-order valence-corrected chi connectivity index (χ2v) is 4.28. The van der Waals surface area contributed by atoms with E-state index in [1.54, 1.807) is 11.8 Å². The molecule has 0 saturated carbocycles. The Bertz CT molecular complexity index is 498. The molecule has 1 atom stereocenters. The maximum atomic E-state index is 6.03. The molecule has 0 aliphatic heterocycles. The first-order valence-electron chi connectivity index (χ1n) is 5.23. The standard InChI is InChI=1S/C11H13ClN4O/c1-8(12)11-13-14-15-16(11)10-6-4-3-5-9(10)7-17-2/h3-6,8H,7H2,1-2H3. The van der Waals surface area contributed by atoms with Crippen LogP contribution < -0.4 is 0 Å². The number of halogens is 1. The highest BCUT2D eigenvalue weighted by Crippen LogP contribution is 2.21. The monoisotopic (exact) mass is 252 g/mol. The van der Waals surface area contributed by atoms with Gasteiger partial charge >= 0.3 is 0 Å². The van der Waals surface area contributed by atoms with Crippen LogP contribution >= 0.6 is 11.6 Å². The lowest BCUT2D eigenvalue weighted by atomic mass is 10.2. The van der Waals surface area contributed by atoms with Gasteiger partial charge in [-0.15, -0.1) is 16.7 Å². The van der Waals surface area contributed by atoms with Gasteiger partial charge < -0.3 is 4.74 Å². The Morgan fingerprint density at radius 2 is 2.18 bits per heavy atom. The Labute approximate surface area is 104 Å². The van der Waals surface area contributed by atoms with Gasteiger partial charge in [-0.3, -0.25) is 0 Å². The summed E-state index contributed by atoms with van der Waals surface area (Å²) in [6, 6.07) is 7.79. The molecule has 0 bridgehead atoms. The lowest BCUT2D eigenvalue weighted by Crippen LogP contribution is -2.07. The zero-order valence-electron chi connectivity index (χ0n) is 9.67. The molecule has 17 heavy (non-hydrogen) atoms. The van der Waals surface area contributed by atoms with E-state index in [9.17, 15) is 0 Å². The summed E-state index contributed by atoms with van der Waals surface area (Å²) >= 11 is 6.03. The summed E-state index contributed by atoms with van der Waals surface area (Å²) in [6.07, 6.45) is 0. The second-order valence-electron chi connectivity index (χ2n) is 3.63. The van der Waals surface area contributed by atoms with Crippen LogP contribution in [0.2, 0.25) is 0 Å². The minimum absolute atomic E-state index is 0.249. The lowest BCUT2D eigenvalue weighted by molar-refractivity contribution is 0.184. The van der Waals surface area contributed by atoms with E-state index < -0.39 is 0 Å². The van der Waals surface area contributed by atoms with E-state index in [2.05, 4.69) is 15.5 Å².